The van der Waals surface area contributed by atoms with Gasteiger partial charge < -0.3 is 9.64 Å². The maximum absolute atomic E-state index is 12.0. The molecule has 1 unspecified atom stereocenters. The smallest absolute Gasteiger partial charge is 0.263 e. The van der Waals surface area contributed by atoms with Gasteiger partial charge in [-0.3, -0.25) is 4.79 Å². The van der Waals surface area contributed by atoms with Gasteiger partial charge in [-0.15, -0.1) is 0 Å². The van der Waals surface area contributed by atoms with Crippen LogP contribution in [-0.2, 0) is 4.79 Å². The summed E-state index contributed by atoms with van der Waals surface area (Å²) in [7, 11) is 1.78. The molecule has 0 spiro atoms. The standard InChI is InChI=1S/C14H20ClNO2/c1-9(2)16(5)14(17)11(4)18-13-7-6-12(15)8-10(13)3/h6-9,11H,1-5H3. The number of halogens is 1. The fraction of sp³-hybridized carbons (Fsp3) is 0.500. The van der Waals surface area contributed by atoms with Gasteiger partial charge in [0.2, 0.25) is 0 Å². The summed E-state index contributed by atoms with van der Waals surface area (Å²) in [4.78, 5) is 13.7. The number of carbonyl (C=O) groups is 1. The topological polar surface area (TPSA) is 29.5 Å². The Hall–Kier alpha value is -1.22. The number of rotatable bonds is 4. The van der Waals surface area contributed by atoms with E-state index in [4.69, 9.17) is 16.3 Å². The van der Waals surface area contributed by atoms with Crippen molar-refractivity contribution in [1.29, 1.82) is 0 Å². The van der Waals surface area contributed by atoms with Crippen molar-refractivity contribution in [3.05, 3.63) is 28.8 Å². The number of aryl methyl sites for hydroxylation is 1. The summed E-state index contributed by atoms with van der Waals surface area (Å²) in [6.07, 6.45) is -0.503. The van der Waals surface area contributed by atoms with Crippen LogP contribution in [0, 0.1) is 6.92 Å². The maximum Gasteiger partial charge on any atom is 0.263 e. The van der Waals surface area contributed by atoms with Crippen LogP contribution in [0.1, 0.15) is 26.3 Å². The van der Waals surface area contributed by atoms with Crippen LogP contribution in [0.15, 0.2) is 18.2 Å². The van der Waals surface area contributed by atoms with E-state index in [-0.39, 0.29) is 11.9 Å². The Kier molecular flexibility index (Phi) is 5.03. The summed E-state index contributed by atoms with van der Waals surface area (Å²) in [5, 5.41) is 0.665. The predicted molar refractivity (Wildman–Crippen MR) is 74.2 cm³/mol. The Morgan fingerprint density at radius 3 is 2.44 bits per heavy atom. The van der Waals surface area contributed by atoms with Gasteiger partial charge in [-0.25, -0.2) is 0 Å². The summed E-state index contributed by atoms with van der Waals surface area (Å²) >= 11 is 5.88. The minimum Gasteiger partial charge on any atom is -0.481 e. The number of likely N-dealkylation sites (N-methyl/N-ethyl adjacent to an activating group) is 1. The van der Waals surface area contributed by atoms with Crippen LogP contribution in [0.2, 0.25) is 5.02 Å². The van der Waals surface area contributed by atoms with Crippen molar-refractivity contribution in [3.63, 3.8) is 0 Å². The van der Waals surface area contributed by atoms with Crippen LogP contribution in [0.5, 0.6) is 5.75 Å². The summed E-state index contributed by atoms with van der Waals surface area (Å²) in [5.74, 6) is 0.664. The molecular formula is C14H20ClNO2. The first-order valence-corrected chi connectivity index (χ1v) is 6.40. The van der Waals surface area contributed by atoms with E-state index in [9.17, 15) is 4.79 Å². The van der Waals surface area contributed by atoms with Gasteiger partial charge in [-0.05, 0) is 51.5 Å². The van der Waals surface area contributed by atoms with Crippen molar-refractivity contribution in [2.24, 2.45) is 0 Å². The van der Waals surface area contributed by atoms with Gasteiger partial charge in [-0.2, -0.15) is 0 Å². The number of carbonyl (C=O) groups excluding carboxylic acids is 1. The van der Waals surface area contributed by atoms with Gasteiger partial charge in [0.05, 0.1) is 0 Å². The Morgan fingerprint density at radius 1 is 1.33 bits per heavy atom. The SMILES string of the molecule is Cc1cc(Cl)ccc1OC(C)C(=O)N(C)C(C)C. The van der Waals surface area contributed by atoms with E-state index < -0.39 is 6.10 Å². The zero-order valence-corrected chi connectivity index (χ0v) is 12.3. The second-order valence-electron chi connectivity index (χ2n) is 4.71. The molecule has 1 rings (SSSR count). The molecule has 0 saturated carbocycles. The number of nitrogens with zero attached hydrogens (tertiary/aromatic N) is 1. The number of ether oxygens (including phenoxy) is 1. The van der Waals surface area contributed by atoms with Gasteiger partial charge in [-0.1, -0.05) is 11.6 Å². The average Bonchev–Trinajstić information content (AvgIpc) is 2.30. The first kappa shape index (κ1) is 14.8. The van der Waals surface area contributed by atoms with Crippen LogP contribution in [0.3, 0.4) is 0 Å². The average molecular weight is 270 g/mol. The summed E-state index contributed by atoms with van der Waals surface area (Å²) in [6, 6.07) is 5.53. The van der Waals surface area contributed by atoms with Crippen LogP contribution in [0.25, 0.3) is 0 Å². The monoisotopic (exact) mass is 269 g/mol. The molecule has 0 N–H and O–H groups in total. The second kappa shape index (κ2) is 6.10. The summed E-state index contributed by atoms with van der Waals surface area (Å²) in [5.41, 5.74) is 0.925. The highest BCUT2D eigenvalue weighted by Gasteiger charge is 2.21. The summed E-state index contributed by atoms with van der Waals surface area (Å²) < 4.78 is 5.68. The largest absolute Gasteiger partial charge is 0.481 e. The molecule has 1 amide bonds. The maximum atomic E-state index is 12.0. The zero-order valence-electron chi connectivity index (χ0n) is 11.5. The van der Waals surface area contributed by atoms with Gasteiger partial charge in [0.15, 0.2) is 6.10 Å². The number of hydrogen-bond donors (Lipinski definition) is 0. The van der Waals surface area contributed by atoms with Crippen molar-refractivity contribution >= 4 is 17.5 Å². The quantitative estimate of drug-likeness (QED) is 0.840. The van der Waals surface area contributed by atoms with Crippen LogP contribution in [0.4, 0.5) is 0 Å². The second-order valence-corrected chi connectivity index (χ2v) is 5.15. The highest BCUT2D eigenvalue weighted by Crippen LogP contribution is 2.23. The van der Waals surface area contributed by atoms with E-state index in [1.807, 2.05) is 26.8 Å². The highest BCUT2D eigenvalue weighted by molar-refractivity contribution is 6.30. The zero-order chi connectivity index (χ0) is 13.9. The molecule has 0 radical (unpaired) electrons. The van der Waals surface area contributed by atoms with Crippen LogP contribution >= 0.6 is 11.6 Å². The Balaban J connectivity index is 2.75. The van der Waals surface area contributed by atoms with Gasteiger partial charge in [0.1, 0.15) is 5.75 Å². The normalized spacial score (nSPS) is 12.4. The minimum atomic E-state index is -0.503. The Labute approximate surface area is 114 Å². The third kappa shape index (κ3) is 3.64. The van der Waals surface area contributed by atoms with Crippen molar-refractivity contribution in [2.75, 3.05) is 7.05 Å². The predicted octanol–water partition coefficient (Wildman–Crippen LogP) is 3.28. The van der Waals surface area contributed by atoms with E-state index in [0.717, 1.165) is 5.56 Å². The molecule has 18 heavy (non-hydrogen) atoms. The first-order valence-electron chi connectivity index (χ1n) is 6.02. The Morgan fingerprint density at radius 2 is 1.94 bits per heavy atom. The lowest BCUT2D eigenvalue weighted by Gasteiger charge is -2.25. The molecule has 0 aliphatic carbocycles. The fourth-order valence-corrected chi connectivity index (χ4v) is 1.75. The van der Waals surface area contributed by atoms with Gasteiger partial charge >= 0.3 is 0 Å². The van der Waals surface area contributed by atoms with E-state index in [2.05, 4.69) is 0 Å². The highest BCUT2D eigenvalue weighted by atomic mass is 35.5. The third-order valence-corrected chi connectivity index (χ3v) is 3.15. The number of benzene rings is 1. The van der Waals surface area contributed by atoms with Gasteiger partial charge in [0.25, 0.3) is 5.91 Å². The fourth-order valence-electron chi connectivity index (χ4n) is 1.53. The minimum absolute atomic E-state index is 0.0284. The lowest BCUT2D eigenvalue weighted by atomic mass is 10.2. The number of amides is 1. The molecule has 0 saturated heterocycles. The first-order chi connectivity index (χ1) is 8.32. The molecule has 0 heterocycles. The van der Waals surface area contributed by atoms with Crippen molar-refractivity contribution < 1.29 is 9.53 Å². The van der Waals surface area contributed by atoms with Gasteiger partial charge in [0, 0.05) is 18.1 Å². The van der Waals surface area contributed by atoms with Crippen molar-refractivity contribution in [1.82, 2.24) is 4.90 Å². The summed E-state index contributed by atoms with van der Waals surface area (Å²) in [6.45, 7) is 7.61. The molecule has 1 atom stereocenters. The van der Waals surface area contributed by atoms with E-state index in [0.29, 0.717) is 10.8 Å². The molecule has 0 aliphatic rings. The third-order valence-electron chi connectivity index (χ3n) is 2.91. The van der Waals surface area contributed by atoms with Crippen LogP contribution < -0.4 is 4.74 Å². The lowest BCUT2D eigenvalue weighted by molar-refractivity contribution is -0.138. The van der Waals surface area contributed by atoms with Crippen molar-refractivity contribution in [3.8, 4) is 5.75 Å². The molecule has 0 fully saturated rings. The molecular weight excluding hydrogens is 250 g/mol. The number of hydrogen-bond acceptors (Lipinski definition) is 2. The molecule has 0 aliphatic heterocycles. The molecule has 0 bridgehead atoms. The lowest BCUT2D eigenvalue weighted by Crippen LogP contribution is -2.41. The molecule has 0 aromatic heterocycles. The van der Waals surface area contributed by atoms with E-state index in [1.165, 1.54) is 0 Å². The molecule has 3 nitrogen and oxygen atoms in total. The van der Waals surface area contributed by atoms with Crippen LogP contribution in [-0.4, -0.2) is 30.0 Å². The molecule has 1 aromatic carbocycles. The Bertz CT molecular complexity index is 432. The van der Waals surface area contributed by atoms with E-state index in [1.54, 1.807) is 31.0 Å². The van der Waals surface area contributed by atoms with Crippen molar-refractivity contribution in [2.45, 2.75) is 39.8 Å². The molecule has 1 aromatic rings. The molecule has 100 valence electrons. The molecule has 4 heteroatoms. The van der Waals surface area contributed by atoms with E-state index >= 15 is 0 Å².